The van der Waals surface area contributed by atoms with Gasteiger partial charge in [-0.25, -0.2) is 0 Å². The van der Waals surface area contributed by atoms with Crippen LogP contribution in [0.3, 0.4) is 0 Å². The first kappa shape index (κ1) is 14.1. The lowest BCUT2D eigenvalue weighted by molar-refractivity contribution is 0.745. The van der Waals surface area contributed by atoms with Crippen LogP contribution in [0.25, 0.3) is 11.1 Å². The van der Waals surface area contributed by atoms with Gasteiger partial charge < -0.3 is 16.4 Å². The molecule has 3 heteroatoms. The van der Waals surface area contributed by atoms with E-state index in [1.165, 1.54) is 34.4 Å². The number of fused-ring (bicyclic) bond motifs is 1. The lowest BCUT2D eigenvalue weighted by Crippen LogP contribution is -2.25. The minimum atomic E-state index is 0.549. The molecule has 3 nitrogen and oxygen atoms in total. The van der Waals surface area contributed by atoms with Gasteiger partial charge in [0.05, 0.1) is 0 Å². The van der Waals surface area contributed by atoms with E-state index in [1.807, 2.05) is 0 Å². The SMILES string of the molecule is CN1CCCc2cccc(-c3cc(CN)ccc3CN)c21. The second-order valence-electron chi connectivity index (χ2n) is 5.74. The van der Waals surface area contributed by atoms with E-state index in [9.17, 15) is 0 Å². The number of nitrogens with two attached hydrogens (primary N) is 2. The monoisotopic (exact) mass is 281 g/mol. The largest absolute Gasteiger partial charge is 0.374 e. The Bertz CT molecular complexity index is 649. The number of aryl methyl sites for hydroxylation is 1. The molecule has 0 unspecified atom stereocenters. The number of hydrogen-bond acceptors (Lipinski definition) is 3. The summed E-state index contributed by atoms with van der Waals surface area (Å²) in [5.41, 5.74) is 19.4. The molecule has 3 rings (SSSR count). The Labute approximate surface area is 126 Å². The van der Waals surface area contributed by atoms with E-state index in [0.717, 1.165) is 18.5 Å². The van der Waals surface area contributed by atoms with Crippen molar-refractivity contribution in [2.24, 2.45) is 11.5 Å². The molecule has 0 saturated heterocycles. The van der Waals surface area contributed by atoms with Crippen molar-refractivity contribution in [3.8, 4) is 11.1 Å². The fourth-order valence-electron chi connectivity index (χ4n) is 3.26. The molecule has 0 bridgehead atoms. The van der Waals surface area contributed by atoms with Gasteiger partial charge in [-0.15, -0.1) is 0 Å². The topological polar surface area (TPSA) is 55.3 Å². The third-order valence-electron chi connectivity index (χ3n) is 4.36. The van der Waals surface area contributed by atoms with Crippen molar-refractivity contribution >= 4 is 5.69 Å². The Morgan fingerprint density at radius 1 is 1.05 bits per heavy atom. The third kappa shape index (κ3) is 2.55. The summed E-state index contributed by atoms with van der Waals surface area (Å²) in [6.45, 7) is 2.22. The zero-order valence-electron chi connectivity index (χ0n) is 12.6. The average Bonchev–Trinajstić information content (AvgIpc) is 2.54. The fourth-order valence-corrected chi connectivity index (χ4v) is 3.26. The minimum absolute atomic E-state index is 0.549. The number of benzene rings is 2. The van der Waals surface area contributed by atoms with Gasteiger partial charge in [-0.2, -0.15) is 0 Å². The van der Waals surface area contributed by atoms with Crippen molar-refractivity contribution in [3.05, 3.63) is 53.1 Å². The number of rotatable bonds is 3. The molecule has 0 amide bonds. The first-order chi connectivity index (χ1) is 10.2. The quantitative estimate of drug-likeness (QED) is 0.909. The average molecular weight is 281 g/mol. The predicted octanol–water partition coefficient (Wildman–Crippen LogP) is 2.65. The van der Waals surface area contributed by atoms with E-state index in [-0.39, 0.29) is 0 Å². The predicted molar refractivity (Wildman–Crippen MR) is 89.3 cm³/mol. The molecular weight excluding hydrogens is 258 g/mol. The Balaban J connectivity index is 2.21. The molecule has 110 valence electrons. The molecule has 0 saturated carbocycles. The standard InChI is InChI=1S/C18H23N3/c1-21-9-3-5-14-4-2-6-16(18(14)21)17-10-13(11-19)7-8-15(17)12-20/h2,4,6-8,10H,3,5,9,11-12,19-20H2,1H3. The van der Waals surface area contributed by atoms with Gasteiger partial charge in [0, 0.05) is 37.9 Å². The zero-order chi connectivity index (χ0) is 14.8. The zero-order valence-corrected chi connectivity index (χ0v) is 12.6. The van der Waals surface area contributed by atoms with Crippen molar-refractivity contribution in [1.29, 1.82) is 0 Å². The molecular formula is C18H23N3. The Hall–Kier alpha value is -1.84. The molecule has 0 aliphatic carbocycles. The molecule has 0 aromatic heterocycles. The molecule has 2 aromatic carbocycles. The number of anilines is 1. The molecule has 21 heavy (non-hydrogen) atoms. The van der Waals surface area contributed by atoms with Crippen molar-refractivity contribution in [3.63, 3.8) is 0 Å². The summed E-state index contributed by atoms with van der Waals surface area (Å²) >= 11 is 0. The summed E-state index contributed by atoms with van der Waals surface area (Å²) in [5, 5.41) is 0. The highest BCUT2D eigenvalue weighted by molar-refractivity contribution is 5.83. The molecule has 0 spiro atoms. The lowest BCUT2D eigenvalue weighted by atomic mass is 9.91. The van der Waals surface area contributed by atoms with E-state index in [4.69, 9.17) is 11.5 Å². The third-order valence-corrected chi connectivity index (χ3v) is 4.36. The molecule has 1 heterocycles. The normalized spacial score (nSPS) is 14.1. The van der Waals surface area contributed by atoms with Gasteiger partial charge in [-0.3, -0.25) is 0 Å². The van der Waals surface area contributed by atoms with Crippen molar-refractivity contribution in [1.82, 2.24) is 0 Å². The summed E-state index contributed by atoms with van der Waals surface area (Å²) < 4.78 is 0. The molecule has 1 aliphatic heterocycles. The van der Waals surface area contributed by atoms with Gasteiger partial charge in [-0.05, 0) is 41.2 Å². The van der Waals surface area contributed by atoms with Crippen molar-refractivity contribution in [2.75, 3.05) is 18.5 Å². The van der Waals surface area contributed by atoms with Crippen LogP contribution in [0.5, 0.6) is 0 Å². The Morgan fingerprint density at radius 2 is 1.90 bits per heavy atom. The van der Waals surface area contributed by atoms with Crippen LogP contribution in [0.4, 0.5) is 5.69 Å². The summed E-state index contributed by atoms with van der Waals surface area (Å²) in [6, 6.07) is 13.0. The van der Waals surface area contributed by atoms with Crippen LogP contribution in [0.15, 0.2) is 36.4 Å². The lowest BCUT2D eigenvalue weighted by Gasteiger charge is -2.30. The molecule has 0 radical (unpaired) electrons. The van der Waals surface area contributed by atoms with E-state index in [0.29, 0.717) is 13.1 Å². The number of hydrogen-bond donors (Lipinski definition) is 2. The summed E-state index contributed by atoms with van der Waals surface area (Å²) in [6.07, 6.45) is 2.38. The highest BCUT2D eigenvalue weighted by atomic mass is 15.1. The maximum atomic E-state index is 5.95. The minimum Gasteiger partial charge on any atom is -0.374 e. The number of para-hydroxylation sites is 1. The summed E-state index contributed by atoms with van der Waals surface area (Å²) in [7, 11) is 2.18. The van der Waals surface area contributed by atoms with Crippen molar-refractivity contribution in [2.45, 2.75) is 25.9 Å². The van der Waals surface area contributed by atoms with Crippen LogP contribution in [0.1, 0.15) is 23.1 Å². The Kier molecular flexibility index (Phi) is 3.95. The first-order valence-corrected chi connectivity index (χ1v) is 7.60. The van der Waals surface area contributed by atoms with Crippen LogP contribution >= 0.6 is 0 Å². The second-order valence-corrected chi connectivity index (χ2v) is 5.74. The van der Waals surface area contributed by atoms with Crippen molar-refractivity contribution < 1.29 is 0 Å². The summed E-state index contributed by atoms with van der Waals surface area (Å²) in [4.78, 5) is 2.36. The summed E-state index contributed by atoms with van der Waals surface area (Å²) in [5.74, 6) is 0. The van der Waals surface area contributed by atoms with Crippen LogP contribution in [-0.2, 0) is 19.5 Å². The van der Waals surface area contributed by atoms with Crippen LogP contribution < -0.4 is 16.4 Å². The van der Waals surface area contributed by atoms with Crippen LogP contribution in [0.2, 0.25) is 0 Å². The van der Waals surface area contributed by atoms with Crippen LogP contribution in [-0.4, -0.2) is 13.6 Å². The van der Waals surface area contributed by atoms with E-state index in [1.54, 1.807) is 0 Å². The highest BCUT2D eigenvalue weighted by Crippen LogP contribution is 2.38. The molecule has 2 aromatic rings. The number of nitrogens with zero attached hydrogens (tertiary/aromatic N) is 1. The maximum Gasteiger partial charge on any atom is 0.0475 e. The van der Waals surface area contributed by atoms with E-state index in [2.05, 4.69) is 48.3 Å². The van der Waals surface area contributed by atoms with Gasteiger partial charge in [0.1, 0.15) is 0 Å². The van der Waals surface area contributed by atoms with Gasteiger partial charge in [0.2, 0.25) is 0 Å². The highest BCUT2D eigenvalue weighted by Gasteiger charge is 2.19. The molecule has 0 fully saturated rings. The molecule has 0 atom stereocenters. The van der Waals surface area contributed by atoms with Gasteiger partial charge in [-0.1, -0.05) is 30.3 Å². The first-order valence-electron chi connectivity index (χ1n) is 7.60. The van der Waals surface area contributed by atoms with E-state index < -0.39 is 0 Å². The molecule has 4 N–H and O–H groups in total. The Morgan fingerprint density at radius 3 is 2.67 bits per heavy atom. The maximum absolute atomic E-state index is 5.95. The smallest absolute Gasteiger partial charge is 0.0475 e. The second kappa shape index (κ2) is 5.88. The fraction of sp³-hybridized carbons (Fsp3) is 0.333. The van der Waals surface area contributed by atoms with Gasteiger partial charge >= 0.3 is 0 Å². The van der Waals surface area contributed by atoms with Gasteiger partial charge in [0.25, 0.3) is 0 Å². The van der Waals surface area contributed by atoms with Crippen LogP contribution in [0, 0.1) is 0 Å². The molecule has 1 aliphatic rings. The van der Waals surface area contributed by atoms with E-state index >= 15 is 0 Å². The van der Waals surface area contributed by atoms with Gasteiger partial charge in [0.15, 0.2) is 0 Å².